The summed E-state index contributed by atoms with van der Waals surface area (Å²) in [5, 5.41) is 2.93. The van der Waals surface area contributed by atoms with Crippen molar-refractivity contribution in [3.05, 3.63) is 35.4 Å². The fourth-order valence-corrected chi connectivity index (χ4v) is 2.04. The van der Waals surface area contributed by atoms with Gasteiger partial charge in [0.1, 0.15) is 4.99 Å². The highest BCUT2D eigenvalue weighted by Crippen LogP contribution is 2.33. The molecule has 2 rings (SSSR count). The average Bonchev–Trinajstić information content (AvgIpc) is 3.18. The van der Waals surface area contributed by atoms with Gasteiger partial charge in [-0.3, -0.25) is 4.79 Å². The molecule has 0 unspecified atom stereocenters. The van der Waals surface area contributed by atoms with Crippen LogP contribution in [-0.4, -0.2) is 17.4 Å². The van der Waals surface area contributed by atoms with E-state index in [1.54, 1.807) is 18.2 Å². The number of hydrogen-bond acceptors (Lipinski definition) is 2. The molecule has 18 heavy (non-hydrogen) atoms. The summed E-state index contributed by atoms with van der Waals surface area (Å²) in [6.07, 6.45) is 5.02. The highest BCUT2D eigenvalue weighted by molar-refractivity contribution is 7.80. The van der Waals surface area contributed by atoms with E-state index in [9.17, 15) is 4.79 Å². The summed E-state index contributed by atoms with van der Waals surface area (Å²) in [6.45, 7) is 0.743. The fourth-order valence-electron chi connectivity index (χ4n) is 1.91. The maximum Gasteiger partial charge on any atom is 0.251 e. The minimum absolute atomic E-state index is 0.0519. The zero-order valence-corrected chi connectivity index (χ0v) is 11.1. The van der Waals surface area contributed by atoms with E-state index in [-0.39, 0.29) is 5.91 Å². The summed E-state index contributed by atoms with van der Waals surface area (Å²) in [5.41, 5.74) is 6.89. The molecule has 3 N–H and O–H groups in total. The Balaban J connectivity index is 1.83. The number of carbonyl (C=O) groups is 1. The lowest BCUT2D eigenvalue weighted by Crippen LogP contribution is -2.25. The molecule has 0 aliphatic heterocycles. The Bertz CT molecular complexity index is 455. The monoisotopic (exact) mass is 262 g/mol. The van der Waals surface area contributed by atoms with Gasteiger partial charge in [0.15, 0.2) is 0 Å². The Labute approximate surface area is 113 Å². The number of hydrogen-bond donors (Lipinski definition) is 2. The first-order valence-electron chi connectivity index (χ1n) is 6.35. The molecule has 3 nitrogen and oxygen atoms in total. The third-order valence-corrected chi connectivity index (χ3v) is 3.42. The van der Waals surface area contributed by atoms with Crippen molar-refractivity contribution in [3.8, 4) is 0 Å². The fraction of sp³-hybridized carbons (Fsp3) is 0.429. The lowest BCUT2D eigenvalue weighted by atomic mass is 10.1. The van der Waals surface area contributed by atoms with Crippen LogP contribution in [0.5, 0.6) is 0 Å². The number of nitrogens with one attached hydrogen (secondary N) is 1. The van der Waals surface area contributed by atoms with Crippen LogP contribution < -0.4 is 11.1 Å². The topological polar surface area (TPSA) is 55.1 Å². The Morgan fingerprint density at radius 2 is 2.11 bits per heavy atom. The standard InChI is InChI=1S/C14H18N2OS/c15-13(18)11-4-1-5-12(9-11)14(17)16-8-2-3-10-6-7-10/h1,4-5,9-10H,2-3,6-8H2,(H2,15,18)(H,16,17). The molecule has 1 aromatic carbocycles. The number of carbonyl (C=O) groups excluding carboxylic acids is 1. The number of amides is 1. The summed E-state index contributed by atoms with van der Waals surface area (Å²) in [6, 6.07) is 7.12. The smallest absolute Gasteiger partial charge is 0.251 e. The molecular weight excluding hydrogens is 244 g/mol. The minimum atomic E-state index is -0.0519. The second-order valence-corrected chi connectivity index (χ2v) is 5.23. The molecule has 1 saturated carbocycles. The molecule has 1 fully saturated rings. The molecule has 1 aromatic rings. The number of rotatable bonds is 6. The summed E-state index contributed by atoms with van der Waals surface area (Å²) in [4.78, 5) is 12.2. The van der Waals surface area contributed by atoms with Crippen LogP contribution in [0.3, 0.4) is 0 Å². The van der Waals surface area contributed by atoms with Crippen molar-refractivity contribution < 1.29 is 4.79 Å². The minimum Gasteiger partial charge on any atom is -0.389 e. The third kappa shape index (κ3) is 3.81. The van der Waals surface area contributed by atoms with Gasteiger partial charge in [-0.15, -0.1) is 0 Å². The Morgan fingerprint density at radius 3 is 2.78 bits per heavy atom. The Kier molecular flexibility index (Phi) is 4.31. The van der Waals surface area contributed by atoms with Crippen LogP contribution in [0.25, 0.3) is 0 Å². The molecule has 0 spiro atoms. The lowest BCUT2D eigenvalue weighted by molar-refractivity contribution is 0.0953. The molecule has 1 aliphatic carbocycles. The molecule has 96 valence electrons. The van der Waals surface area contributed by atoms with Crippen molar-refractivity contribution in [2.45, 2.75) is 25.7 Å². The van der Waals surface area contributed by atoms with E-state index < -0.39 is 0 Å². The average molecular weight is 262 g/mol. The zero-order valence-electron chi connectivity index (χ0n) is 10.3. The molecule has 0 atom stereocenters. The van der Waals surface area contributed by atoms with E-state index in [2.05, 4.69) is 5.32 Å². The maximum atomic E-state index is 11.9. The SMILES string of the molecule is NC(=S)c1cccc(C(=O)NCCCC2CC2)c1. The van der Waals surface area contributed by atoms with Gasteiger partial charge in [0.2, 0.25) is 0 Å². The van der Waals surface area contributed by atoms with Crippen LogP contribution in [0, 0.1) is 5.92 Å². The molecule has 0 saturated heterocycles. The van der Waals surface area contributed by atoms with Crippen molar-refractivity contribution in [2.24, 2.45) is 11.7 Å². The summed E-state index contributed by atoms with van der Waals surface area (Å²) in [7, 11) is 0. The molecule has 0 heterocycles. The van der Waals surface area contributed by atoms with E-state index in [1.807, 2.05) is 6.07 Å². The van der Waals surface area contributed by atoms with E-state index in [1.165, 1.54) is 19.3 Å². The highest BCUT2D eigenvalue weighted by Gasteiger charge is 2.20. The Morgan fingerprint density at radius 1 is 1.39 bits per heavy atom. The van der Waals surface area contributed by atoms with Gasteiger partial charge in [0, 0.05) is 17.7 Å². The normalized spacial score (nSPS) is 14.2. The predicted molar refractivity (Wildman–Crippen MR) is 76.6 cm³/mol. The Hall–Kier alpha value is -1.42. The molecule has 1 aliphatic rings. The first kappa shape index (κ1) is 13.0. The quantitative estimate of drug-likeness (QED) is 0.610. The van der Waals surface area contributed by atoms with Gasteiger partial charge in [-0.2, -0.15) is 0 Å². The first-order chi connectivity index (χ1) is 8.66. The maximum absolute atomic E-state index is 11.9. The van der Waals surface area contributed by atoms with Crippen LogP contribution in [0.1, 0.15) is 41.6 Å². The zero-order chi connectivity index (χ0) is 13.0. The molecular formula is C14H18N2OS. The molecule has 0 radical (unpaired) electrons. The molecule has 1 amide bonds. The lowest BCUT2D eigenvalue weighted by Gasteiger charge is -2.06. The van der Waals surface area contributed by atoms with Gasteiger partial charge in [0.25, 0.3) is 5.91 Å². The van der Waals surface area contributed by atoms with E-state index in [0.717, 1.165) is 24.4 Å². The van der Waals surface area contributed by atoms with Gasteiger partial charge < -0.3 is 11.1 Å². The van der Waals surface area contributed by atoms with Crippen LogP contribution >= 0.6 is 12.2 Å². The van der Waals surface area contributed by atoms with Crippen LogP contribution in [0.15, 0.2) is 24.3 Å². The third-order valence-electron chi connectivity index (χ3n) is 3.18. The highest BCUT2D eigenvalue weighted by atomic mass is 32.1. The van der Waals surface area contributed by atoms with Crippen LogP contribution in [0.2, 0.25) is 0 Å². The van der Waals surface area contributed by atoms with Gasteiger partial charge in [0.05, 0.1) is 0 Å². The van der Waals surface area contributed by atoms with E-state index >= 15 is 0 Å². The van der Waals surface area contributed by atoms with E-state index in [0.29, 0.717) is 10.6 Å². The van der Waals surface area contributed by atoms with Gasteiger partial charge >= 0.3 is 0 Å². The van der Waals surface area contributed by atoms with Gasteiger partial charge in [-0.1, -0.05) is 37.2 Å². The van der Waals surface area contributed by atoms with Crippen molar-refractivity contribution in [1.29, 1.82) is 0 Å². The number of benzene rings is 1. The molecule has 4 heteroatoms. The van der Waals surface area contributed by atoms with Crippen LogP contribution in [-0.2, 0) is 0 Å². The second kappa shape index (κ2) is 5.96. The molecule has 0 bridgehead atoms. The summed E-state index contributed by atoms with van der Waals surface area (Å²) < 4.78 is 0. The summed E-state index contributed by atoms with van der Waals surface area (Å²) in [5.74, 6) is 0.865. The van der Waals surface area contributed by atoms with Crippen molar-refractivity contribution >= 4 is 23.1 Å². The number of nitrogens with two attached hydrogens (primary N) is 1. The first-order valence-corrected chi connectivity index (χ1v) is 6.75. The van der Waals surface area contributed by atoms with Gasteiger partial charge in [-0.05, 0) is 30.9 Å². The van der Waals surface area contributed by atoms with Crippen molar-refractivity contribution in [3.63, 3.8) is 0 Å². The van der Waals surface area contributed by atoms with E-state index in [4.69, 9.17) is 18.0 Å². The summed E-state index contributed by atoms with van der Waals surface area (Å²) >= 11 is 4.90. The molecule has 0 aromatic heterocycles. The van der Waals surface area contributed by atoms with Crippen LogP contribution in [0.4, 0.5) is 0 Å². The van der Waals surface area contributed by atoms with Crippen molar-refractivity contribution in [1.82, 2.24) is 5.32 Å². The number of thiocarbonyl (C=S) groups is 1. The van der Waals surface area contributed by atoms with Crippen molar-refractivity contribution in [2.75, 3.05) is 6.54 Å². The predicted octanol–water partition coefficient (Wildman–Crippen LogP) is 2.24. The second-order valence-electron chi connectivity index (χ2n) is 4.79. The van der Waals surface area contributed by atoms with Gasteiger partial charge in [-0.25, -0.2) is 0 Å². The largest absolute Gasteiger partial charge is 0.389 e.